The van der Waals surface area contributed by atoms with E-state index in [-0.39, 0.29) is 24.4 Å². The molecular weight excluding hydrogens is 366 g/mol. The number of methoxy groups -OCH3 is 1. The lowest BCUT2D eigenvalue weighted by Crippen LogP contribution is -2.39. The third-order valence-electron chi connectivity index (χ3n) is 4.70. The average molecular weight is 398 g/mol. The molecular formula is C23H31N3O3. The van der Waals surface area contributed by atoms with Crippen LogP contribution in [0.5, 0.6) is 5.75 Å². The average Bonchev–Trinajstić information content (AvgIpc) is 2.74. The molecule has 1 atom stereocenters. The van der Waals surface area contributed by atoms with Crippen molar-refractivity contribution in [2.24, 2.45) is 0 Å². The minimum Gasteiger partial charge on any atom is -0.497 e. The quantitative estimate of drug-likeness (QED) is 0.616. The SMILES string of the molecule is CCCCN(CCC(=O)NC(C)c1ccccc1)C(=O)Nc1ccc(OC)cc1. The van der Waals surface area contributed by atoms with E-state index in [1.54, 1.807) is 36.3 Å². The minimum atomic E-state index is -0.201. The molecule has 2 rings (SSSR count). The molecule has 0 fully saturated rings. The highest BCUT2D eigenvalue weighted by atomic mass is 16.5. The van der Waals surface area contributed by atoms with Crippen LogP contribution in [0.2, 0.25) is 0 Å². The van der Waals surface area contributed by atoms with Crippen LogP contribution >= 0.6 is 0 Å². The molecule has 0 saturated heterocycles. The summed E-state index contributed by atoms with van der Waals surface area (Å²) in [5.74, 6) is 0.662. The fourth-order valence-electron chi connectivity index (χ4n) is 2.92. The molecule has 0 aliphatic rings. The van der Waals surface area contributed by atoms with Crippen LogP contribution < -0.4 is 15.4 Å². The predicted molar refractivity (Wildman–Crippen MR) is 116 cm³/mol. The van der Waals surface area contributed by atoms with Gasteiger partial charge in [0.15, 0.2) is 0 Å². The van der Waals surface area contributed by atoms with E-state index in [9.17, 15) is 9.59 Å². The smallest absolute Gasteiger partial charge is 0.321 e. The highest BCUT2D eigenvalue weighted by Gasteiger charge is 2.16. The first-order valence-electron chi connectivity index (χ1n) is 10.1. The molecule has 2 N–H and O–H groups in total. The Hall–Kier alpha value is -3.02. The molecule has 0 aliphatic carbocycles. The van der Waals surface area contributed by atoms with E-state index in [1.807, 2.05) is 37.3 Å². The van der Waals surface area contributed by atoms with Gasteiger partial charge in [-0.3, -0.25) is 4.79 Å². The van der Waals surface area contributed by atoms with Gasteiger partial charge in [-0.1, -0.05) is 43.7 Å². The van der Waals surface area contributed by atoms with Crippen LogP contribution in [-0.4, -0.2) is 37.0 Å². The van der Waals surface area contributed by atoms with Gasteiger partial charge in [0.1, 0.15) is 5.75 Å². The van der Waals surface area contributed by atoms with Gasteiger partial charge in [-0.2, -0.15) is 0 Å². The van der Waals surface area contributed by atoms with E-state index in [0.717, 1.165) is 24.2 Å². The first-order valence-corrected chi connectivity index (χ1v) is 10.1. The fraction of sp³-hybridized carbons (Fsp3) is 0.391. The Morgan fingerprint density at radius 1 is 1.03 bits per heavy atom. The van der Waals surface area contributed by atoms with Crippen molar-refractivity contribution in [1.82, 2.24) is 10.2 Å². The van der Waals surface area contributed by atoms with Crippen molar-refractivity contribution in [1.29, 1.82) is 0 Å². The summed E-state index contributed by atoms with van der Waals surface area (Å²) in [4.78, 5) is 26.7. The molecule has 6 nitrogen and oxygen atoms in total. The topological polar surface area (TPSA) is 70.7 Å². The number of nitrogens with zero attached hydrogens (tertiary/aromatic N) is 1. The molecule has 0 saturated carbocycles. The standard InChI is InChI=1S/C23H31N3O3/c1-4-5-16-26(23(28)25-20-11-13-21(29-3)14-12-20)17-15-22(27)24-18(2)19-9-7-6-8-10-19/h6-14,18H,4-5,15-17H2,1-3H3,(H,24,27)(H,25,28). The van der Waals surface area contributed by atoms with Gasteiger partial charge >= 0.3 is 6.03 Å². The monoisotopic (exact) mass is 397 g/mol. The first-order chi connectivity index (χ1) is 14.0. The van der Waals surface area contributed by atoms with E-state index < -0.39 is 0 Å². The normalized spacial score (nSPS) is 11.4. The van der Waals surface area contributed by atoms with Gasteiger partial charge in [-0.15, -0.1) is 0 Å². The number of amides is 3. The molecule has 0 radical (unpaired) electrons. The zero-order chi connectivity index (χ0) is 21.1. The molecule has 0 aromatic heterocycles. The summed E-state index contributed by atoms with van der Waals surface area (Å²) in [7, 11) is 1.60. The van der Waals surface area contributed by atoms with Crippen LogP contribution in [0, 0.1) is 0 Å². The number of carbonyl (C=O) groups is 2. The molecule has 0 heterocycles. The Morgan fingerprint density at radius 2 is 1.72 bits per heavy atom. The van der Waals surface area contributed by atoms with Crippen molar-refractivity contribution in [2.45, 2.75) is 39.2 Å². The van der Waals surface area contributed by atoms with Gasteiger partial charge in [0, 0.05) is 25.2 Å². The summed E-state index contributed by atoms with van der Waals surface area (Å²) in [5, 5.41) is 5.89. The molecule has 2 aromatic carbocycles. The van der Waals surface area contributed by atoms with Gasteiger partial charge in [0.25, 0.3) is 0 Å². The van der Waals surface area contributed by atoms with Crippen molar-refractivity contribution in [2.75, 3.05) is 25.5 Å². The summed E-state index contributed by atoms with van der Waals surface area (Å²) in [6, 6.07) is 16.7. The lowest BCUT2D eigenvalue weighted by molar-refractivity contribution is -0.121. The van der Waals surface area contributed by atoms with E-state index >= 15 is 0 Å². The maximum Gasteiger partial charge on any atom is 0.321 e. The van der Waals surface area contributed by atoms with E-state index in [4.69, 9.17) is 4.74 Å². The number of ether oxygens (including phenoxy) is 1. The van der Waals surface area contributed by atoms with Gasteiger partial charge in [-0.25, -0.2) is 4.79 Å². The molecule has 0 bridgehead atoms. The van der Waals surface area contributed by atoms with Crippen LogP contribution in [0.3, 0.4) is 0 Å². The van der Waals surface area contributed by atoms with Crippen LogP contribution in [-0.2, 0) is 4.79 Å². The summed E-state index contributed by atoms with van der Waals surface area (Å²) in [6.07, 6.45) is 2.12. The summed E-state index contributed by atoms with van der Waals surface area (Å²) in [5.41, 5.74) is 1.75. The van der Waals surface area contributed by atoms with Crippen LogP contribution in [0.4, 0.5) is 10.5 Å². The van der Waals surface area contributed by atoms with Crippen LogP contribution in [0.1, 0.15) is 44.7 Å². The second-order valence-electron chi connectivity index (χ2n) is 6.95. The largest absolute Gasteiger partial charge is 0.497 e. The predicted octanol–water partition coefficient (Wildman–Crippen LogP) is 4.60. The lowest BCUT2D eigenvalue weighted by atomic mass is 10.1. The Labute approximate surface area is 173 Å². The third kappa shape index (κ3) is 7.49. The number of benzene rings is 2. The highest BCUT2D eigenvalue weighted by molar-refractivity contribution is 5.89. The Balaban J connectivity index is 1.89. The second kappa shape index (κ2) is 11.7. The summed E-state index contributed by atoms with van der Waals surface area (Å²) < 4.78 is 5.14. The molecule has 0 spiro atoms. The summed E-state index contributed by atoms with van der Waals surface area (Å²) in [6.45, 7) is 5.02. The fourth-order valence-corrected chi connectivity index (χ4v) is 2.92. The zero-order valence-corrected chi connectivity index (χ0v) is 17.5. The van der Waals surface area contributed by atoms with Crippen LogP contribution in [0.15, 0.2) is 54.6 Å². The maximum atomic E-state index is 12.7. The van der Waals surface area contributed by atoms with Crippen molar-refractivity contribution in [3.05, 3.63) is 60.2 Å². The third-order valence-corrected chi connectivity index (χ3v) is 4.70. The number of carbonyl (C=O) groups excluding carboxylic acids is 2. The van der Waals surface area contributed by atoms with Gasteiger partial charge in [0.2, 0.25) is 5.91 Å². The second-order valence-corrected chi connectivity index (χ2v) is 6.95. The Kier molecular flexibility index (Phi) is 9.02. The van der Waals surface area contributed by atoms with E-state index in [0.29, 0.717) is 18.8 Å². The van der Waals surface area contributed by atoms with Crippen LogP contribution in [0.25, 0.3) is 0 Å². The first kappa shape index (κ1) is 22.3. The zero-order valence-electron chi connectivity index (χ0n) is 17.5. The van der Waals surface area contributed by atoms with Gasteiger partial charge < -0.3 is 20.3 Å². The highest BCUT2D eigenvalue weighted by Crippen LogP contribution is 2.16. The number of urea groups is 1. The van der Waals surface area contributed by atoms with Gasteiger partial charge in [-0.05, 0) is 43.2 Å². The lowest BCUT2D eigenvalue weighted by Gasteiger charge is -2.23. The van der Waals surface area contributed by atoms with Crippen molar-refractivity contribution < 1.29 is 14.3 Å². The molecule has 0 aliphatic heterocycles. The molecule has 1 unspecified atom stereocenters. The number of anilines is 1. The molecule has 29 heavy (non-hydrogen) atoms. The van der Waals surface area contributed by atoms with Crippen molar-refractivity contribution in [3.63, 3.8) is 0 Å². The molecule has 3 amide bonds. The van der Waals surface area contributed by atoms with E-state index in [2.05, 4.69) is 17.6 Å². The number of hydrogen-bond acceptors (Lipinski definition) is 3. The van der Waals surface area contributed by atoms with Crippen molar-refractivity contribution in [3.8, 4) is 5.75 Å². The Bertz CT molecular complexity index is 763. The molecule has 6 heteroatoms. The van der Waals surface area contributed by atoms with E-state index in [1.165, 1.54) is 0 Å². The number of rotatable bonds is 10. The van der Waals surface area contributed by atoms with Gasteiger partial charge in [0.05, 0.1) is 13.2 Å². The summed E-state index contributed by atoms with van der Waals surface area (Å²) >= 11 is 0. The molecule has 156 valence electrons. The molecule has 2 aromatic rings. The van der Waals surface area contributed by atoms with Crippen molar-refractivity contribution >= 4 is 17.6 Å². The number of hydrogen-bond donors (Lipinski definition) is 2. The number of nitrogens with one attached hydrogen (secondary N) is 2. The Morgan fingerprint density at radius 3 is 2.34 bits per heavy atom. The minimum absolute atomic E-state index is 0.0686. The maximum absolute atomic E-state index is 12.7. The number of unbranched alkanes of at least 4 members (excludes halogenated alkanes) is 1.